The molecule has 2 aromatic rings. The van der Waals surface area contributed by atoms with E-state index in [0.717, 1.165) is 35.5 Å². The summed E-state index contributed by atoms with van der Waals surface area (Å²) in [5, 5.41) is 8.31. The minimum atomic E-state index is -0.376. The molecule has 7 heteroatoms. The molecule has 0 radical (unpaired) electrons. The Morgan fingerprint density at radius 3 is 2.88 bits per heavy atom. The van der Waals surface area contributed by atoms with Gasteiger partial charge >= 0.3 is 5.97 Å². The Balaban J connectivity index is 1.79. The number of nitrogens with zero attached hydrogens (tertiary/aromatic N) is 3. The number of nitrogens with one attached hydrogen (secondary N) is 1. The highest BCUT2D eigenvalue weighted by Crippen LogP contribution is 2.24. The maximum atomic E-state index is 12.2. The quantitative estimate of drug-likeness (QED) is 0.672. The number of aryl methyl sites for hydroxylation is 2. The fraction of sp³-hybridized carbons (Fsp3) is 0.389. The summed E-state index contributed by atoms with van der Waals surface area (Å²) in [7, 11) is 1.86. The minimum Gasteiger partial charge on any atom is -0.461 e. The van der Waals surface area contributed by atoms with Crippen LogP contribution >= 0.6 is 12.2 Å². The van der Waals surface area contributed by atoms with Gasteiger partial charge in [0, 0.05) is 43.5 Å². The van der Waals surface area contributed by atoms with E-state index in [1.807, 2.05) is 38.2 Å². The molecular weight excluding hydrogens is 336 g/mol. The molecule has 25 heavy (non-hydrogen) atoms. The Hall–Kier alpha value is -2.41. The number of anilines is 1. The predicted molar refractivity (Wildman–Crippen MR) is 101 cm³/mol. The van der Waals surface area contributed by atoms with Crippen LogP contribution in [-0.2, 0) is 24.8 Å². The van der Waals surface area contributed by atoms with E-state index in [1.54, 1.807) is 11.6 Å². The van der Waals surface area contributed by atoms with Gasteiger partial charge in [-0.25, -0.2) is 4.79 Å². The number of para-hydroxylation sites is 1. The van der Waals surface area contributed by atoms with Crippen LogP contribution in [0.25, 0.3) is 0 Å². The molecular formula is C18H22N4O2S. The van der Waals surface area contributed by atoms with Crippen LogP contribution in [0.5, 0.6) is 0 Å². The second-order valence-corrected chi connectivity index (χ2v) is 6.42. The molecule has 0 spiro atoms. The van der Waals surface area contributed by atoms with Crippen molar-refractivity contribution in [2.24, 2.45) is 7.05 Å². The highest BCUT2D eigenvalue weighted by atomic mass is 32.1. The monoisotopic (exact) mass is 358 g/mol. The Labute approximate surface area is 152 Å². The second-order valence-electron chi connectivity index (χ2n) is 6.03. The summed E-state index contributed by atoms with van der Waals surface area (Å²) >= 11 is 5.58. The fourth-order valence-corrected chi connectivity index (χ4v) is 3.30. The van der Waals surface area contributed by atoms with Gasteiger partial charge in [0.2, 0.25) is 0 Å². The number of fused-ring (bicyclic) bond motifs is 1. The molecule has 0 amide bonds. The minimum absolute atomic E-state index is 0.334. The van der Waals surface area contributed by atoms with Crippen LogP contribution in [0.2, 0.25) is 0 Å². The summed E-state index contributed by atoms with van der Waals surface area (Å²) in [6, 6.07) is 8.02. The average molecular weight is 358 g/mol. The third kappa shape index (κ3) is 3.51. The van der Waals surface area contributed by atoms with Gasteiger partial charge in [0.25, 0.3) is 0 Å². The van der Waals surface area contributed by atoms with E-state index in [-0.39, 0.29) is 5.97 Å². The molecule has 0 aliphatic carbocycles. The zero-order valence-electron chi connectivity index (χ0n) is 14.7. The zero-order valence-corrected chi connectivity index (χ0v) is 15.5. The number of ether oxygens (including phenoxy) is 1. The number of rotatable bonds is 3. The largest absolute Gasteiger partial charge is 0.461 e. The molecule has 0 atom stereocenters. The molecule has 1 aromatic carbocycles. The molecule has 0 fully saturated rings. The van der Waals surface area contributed by atoms with E-state index in [4.69, 9.17) is 17.0 Å². The highest BCUT2D eigenvalue weighted by Gasteiger charge is 2.28. The smallest absolute Gasteiger partial charge is 0.359 e. The van der Waals surface area contributed by atoms with Crippen LogP contribution in [0.4, 0.5) is 5.69 Å². The Bertz CT molecular complexity index is 815. The van der Waals surface area contributed by atoms with Crippen LogP contribution in [0.15, 0.2) is 24.3 Å². The van der Waals surface area contributed by atoms with Crippen molar-refractivity contribution in [1.29, 1.82) is 0 Å². The van der Waals surface area contributed by atoms with Crippen LogP contribution in [0.3, 0.4) is 0 Å². The van der Waals surface area contributed by atoms with Crippen molar-refractivity contribution in [3.63, 3.8) is 0 Å². The van der Waals surface area contributed by atoms with Crippen molar-refractivity contribution < 1.29 is 9.53 Å². The summed E-state index contributed by atoms with van der Waals surface area (Å²) in [5.74, 6) is -0.376. The zero-order chi connectivity index (χ0) is 18.0. The summed E-state index contributed by atoms with van der Waals surface area (Å²) < 4.78 is 6.91. The molecule has 1 aliphatic heterocycles. The molecule has 0 saturated carbocycles. The Morgan fingerprint density at radius 2 is 2.16 bits per heavy atom. The third-order valence-electron chi connectivity index (χ3n) is 4.38. The molecule has 0 bridgehead atoms. The summed E-state index contributed by atoms with van der Waals surface area (Å²) in [4.78, 5) is 14.2. The Kier molecular flexibility index (Phi) is 5.03. The van der Waals surface area contributed by atoms with Crippen molar-refractivity contribution in [1.82, 2.24) is 14.7 Å². The normalized spacial score (nSPS) is 13.3. The summed E-state index contributed by atoms with van der Waals surface area (Å²) in [5.41, 5.74) is 4.49. The van der Waals surface area contributed by atoms with E-state index < -0.39 is 0 Å². The molecule has 1 aromatic heterocycles. The van der Waals surface area contributed by atoms with Crippen molar-refractivity contribution in [2.75, 3.05) is 18.5 Å². The summed E-state index contributed by atoms with van der Waals surface area (Å²) in [6.07, 6.45) is 0.786. The van der Waals surface area contributed by atoms with E-state index in [0.29, 0.717) is 24.0 Å². The summed E-state index contributed by atoms with van der Waals surface area (Å²) in [6.45, 7) is 5.50. The molecule has 2 heterocycles. The maximum Gasteiger partial charge on any atom is 0.359 e. The van der Waals surface area contributed by atoms with Gasteiger partial charge in [0.15, 0.2) is 10.8 Å². The number of carbonyl (C=O) groups is 1. The average Bonchev–Trinajstić information content (AvgIpc) is 2.93. The number of thiocarbonyl (C=S) groups is 1. The first kappa shape index (κ1) is 17.4. The first-order valence-corrected chi connectivity index (χ1v) is 8.75. The third-order valence-corrected chi connectivity index (χ3v) is 4.75. The van der Waals surface area contributed by atoms with Gasteiger partial charge in [-0.3, -0.25) is 4.68 Å². The van der Waals surface area contributed by atoms with Crippen LogP contribution in [0.1, 0.15) is 34.2 Å². The maximum absolute atomic E-state index is 12.2. The van der Waals surface area contributed by atoms with Crippen LogP contribution in [-0.4, -0.2) is 38.9 Å². The van der Waals surface area contributed by atoms with E-state index in [9.17, 15) is 4.79 Å². The molecule has 1 aliphatic rings. The topological polar surface area (TPSA) is 59.4 Å². The second kappa shape index (κ2) is 7.23. The predicted octanol–water partition coefficient (Wildman–Crippen LogP) is 2.66. The lowest BCUT2D eigenvalue weighted by Crippen LogP contribution is -2.39. The molecule has 3 rings (SSSR count). The first-order valence-electron chi connectivity index (χ1n) is 8.34. The van der Waals surface area contributed by atoms with Gasteiger partial charge < -0.3 is 15.0 Å². The number of carbonyl (C=O) groups excluding carboxylic acids is 1. The molecule has 6 nitrogen and oxygen atoms in total. The van der Waals surface area contributed by atoms with Crippen LogP contribution < -0.4 is 5.32 Å². The molecule has 1 N–H and O–H groups in total. The Morgan fingerprint density at radius 1 is 1.40 bits per heavy atom. The lowest BCUT2D eigenvalue weighted by Gasteiger charge is -2.30. The van der Waals surface area contributed by atoms with Gasteiger partial charge in [-0.1, -0.05) is 18.2 Å². The fourth-order valence-electron chi connectivity index (χ4n) is 3.04. The lowest BCUT2D eigenvalue weighted by molar-refractivity contribution is 0.0516. The lowest BCUT2D eigenvalue weighted by atomic mass is 10.1. The van der Waals surface area contributed by atoms with E-state index in [1.165, 1.54) is 0 Å². The van der Waals surface area contributed by atoms with Gasteiger partial charge in [-0.05, 0) is 37.7 Å². The van der Waals surface area contributed by atoms with Gasteiger partial charge in [0.1, 0.15) is 0 Å². The highest BCUT2D eigenvalue weighted by molar-refractivity contribution is 7.80. The van der Waals surface area contributed by atoms with Crippen LogP contribution in [0, 0.1) is 6.92 Å². The van der Waals surface area contributed by atoms with Crippen molar-refractivity contribution in [2.45, 2.75) is 26.8 Å². The van der Waals surface area contributed by atoms with Crippen molar-refractivity contribution in [3.05, 3.63) is 46.8 Å². The first-order chi connectivity index (χ1) is 12.0. The van der Waals surface area contributed by atoms with E-state index in [2.05, 4.69) is 15.3 Å². The number of aromatic nitrogens is 2. The standard InChI is InChI=1S/C18H22N4O2S/c1-4-24-17(23)16-13-11-22(10-9-15(13)21(3)20-16)18(25)19-14-8-6-5-7-12(14)2/h5-8H,4,9-11H2,1-3H3,(H,19,25). The van der Waals surface area contributed by atoms with Crippen molar-refractivity contribution >= 4 is 29.0 Å². The number of hydrogen-bond donors (Lipinski definition) is 1. The molecule has 132 valence electrons. The van der Waals surface area contributed by atoms with Gasteiger partial charge in [0.05, 0.1) is 6.61 Å². The number of hydrogen-bond acceptors (Lipinski definition) is 4. The van der Waals surface area contributed by atoms with Gasteiger partial charge in [-0.15, -0.1) is 0 Å². The number of esters is 1. The van der Waals surface area contributed by atoms with E-state index >= 15 is 0 Å². The number of benzene rings is 1. The van der Waals surface area contributed by atoms with Crippen molar-refractivity contribution in [3.8, 4) is 0 Å². The molecule has 0 unspecified atom stereocenters. The molecule has 0 saturated heterocycles. The van der Waals surface area contributed by atoms with Gasteiger partial charge in [-0.2, -0.15) is 5.10 Å². The SMILES string of the molecule is CCOC(=O)c1nn(C)c2c1CN(C(=S)Nc1ccccc1C)CC2.